The molecule has 1 aromatic rings. The highest BCUT2D eigenvalue weighted by atomic mass is 19.1. The monoisotopic (exact) mass is 486 g/mol. The van der Waals surface area contributed by atoms with Crippen LogP contribution in [0.25, 0.3) is 0 Å². The van der Waals surface area contributed by atoms with Gasteiger partial charge in [-0.15, -0.1) is 0 Å². The van der Waals surface area contributed by atoms with Crippen LogP contribution < -0.4 is 4.74 Å². The first-order valence-corrected chi connectivity index (χ1v) is 12.5. The maximum absolute atomic E-state index is 17.3. The van der Waals surface area contributed by atoms with E-state index in [1.165, 1.54) is 18.2 Å². The van der Waals surface area contributed by atoms with Gasteiger partial charge in [0.15, 0.2) is 11.5 Å². The van der Waals surface area contributed by atoms with E-state index in [0.29, 0.717) is 12.2 Å². The van der Waals surface area contributed by atoms with Gasteiger partial charge in [-0.2, -0.15) is 0 Å². The largest absolute Gasteiger partial charge is 0.457 e. The number of carbonyl (C=O) groups is 1. The van der Waals surface area contributed by atoms with E-state index in [2.05, 4.69) is 0 Å². The molecule has 4 fully saturated rings. The molecule has 35 heavy (non-hydrogen) atoms. The fraction of sp³-hybridized carbons (Fsp3) is 0.607. The molecule has 3 saturated carbocycles. The highest BCUT2D eigenvalue weighted by molar-refractivity contribution is 6.01. The summed E-state index contributed by atoms with van der Waals surface area (Å²) in [6.07, 6.45) is 1.19. The molecule has 0 radical (unpaired) electrons. The van der Waals surface area contributed by atoms with Crippen molar-refractivity contribution in [1.29, 1.82) is 0 Å². The van der Waals surface area contributed by atoms with Crippen molar-refractivity contribution in [3.63, 3.8) is 0 Å². The van der Waals surface area contributed by atoms with E-state index >= 15 is 8.78 Å². The van der Waals surface area contributed by atoms with E-state index < -0.39 is 52.0 Å². The number of hydrogen-bond acceptors (Lipinski definition) is 5. The molecule has 0 spiro atoms. The molecule has 1 aromatic carbocycles. The van der Waals surface area contributed by atoms with Crippen molar-refractivity contribution in [2.24, 2.45) is 28.6 Å². The van der Waals surface area contributed by atoms with Gasteiger partial charge in [0.1, 0.15) is 24.1 Å². The summed E-state index contributed by atoms with van der Waals surface area (Å²) >= 11 is 0. The normalized spacial score (nSPS) is 52.3. The van der Waals surface area contributed by atoms with Crippen LogP contribution in [-0.4, -0.2) is 51.9 Å². The van der Waals surface area contributed by atoms with Crippen molar-refractivity contribution in [1.82, 2.24) is 0 Å². The van der Waals surface area contributed by atoms with Crippen molar-refractivity contribution in [3.05, 3.63) is 54.1 Å². The topological polar surface area (TPSA) is 79.3 Å². The Bertz CT molecular complexity index is 1130. The number of allylic oxidation sites excluding steroid dienone is 4. The Kier molecular flexibility index (Phi) is 4.68. The molecule has 10 atom stereocenters. The SMILES string of the molecule is C[C@H]1C[C@H]2[C@@H]3C[C@H](F)C4=CC(=O)C=C[C@]4(C)[C@@]3(F)[C@@H](O)C[C@]2(C)[C@@]1(O)[C@]1(Oc2ccccc2)CO1. The standard InChI is InChI=1S/C28H32F2O5/c1-16-11-19-20-13-22(29)21-12-17(31)9-10-24(21,2)27(20,30)23(32)14-25(19,3)28(16,33)26(15-34-26)35-18-7-5-4-6-8-18/h4-10,12,16,19-20,22-23,32-33H,11,13-15H2,1-3H3/t16-,19-,20-,22-,23-,24-,25-,26+,27-,28+/m0/s1. The summed E-state index contributed by atoms with van der Waals surface area (Å²) in [5.74, 6) is -2.75. The molecule has 0 amide bonds. The number of ether oxygens (including phenoxy) is 2. The molecule has 1 saturated heterocycles. The minimum Gasteiger partial charge on any atom is -0.457 e. The average molecular weight is 487 g/mol. The van der Waals surface area contributed by atoms with Gasteiger partial charge in [-0.25, -0.2) is 8.78 Å². The maximum Gasteiger partial charge on any atom is 0.264 e. The van der Waals surface area contributed by atoms with Gasteiger partial charge in [0.25, 0.3) is 5.79 Å². The van der Waals surface area contributed by atoms with Crippen molar-refractivity contribution in [3.8, 4) is 5.75 Å². The quantitative estimate of drug-likeness (QED) is 0.630. The number of ketones is 1. The third-order valence-electron chi connectivity index (χ3n) is 10.2. The number of carbonyl (C=O) groups excluding carboxylic acids is 1. The second kappa shape index (κ2) is 7.02. The van der Waals surface area contributed by atoms with Crippen LogP contribution >= 0.6 is 0 Å². The number of hydrogen-bond donors (Lipinski definition) is 2. The number of epoxide rings is 1. The molecule has 5 aliphatic rings. The molecule has 0 bridgehead atoms. The Morgan fingerprint density at radius 2 is 1.83 bits per heavy atom. The lowest BCUT2D eigenvalue weighted by atomic mass is 9.44. The lowest BCUT2D eigenvalue weighted by Gasteiger charge is -2.63. The molecular formula is C28H32F2O5. The van der Waals surface area contributed by atoms with E-state index in [1.807, 2.05) is 32.0 Å². The Morgan fingerprint density at radius 1 is 1.14 bits per heavy atom. The molecule has 188 valence electrons. The highest BCUT2D eigenvalue weighted by Crippen LogP contribution is 2.73. The second-order valence-corrected chi connectivity index (χ2v) is 11.7. The predicted octanol–water partition coefficient (Wildman–Crippen LogP) is 4.09. The molecule has 6 rings (SSSR count). The lowest BCUT2D eigenvalue weighted by molar-refractivity contribution is -0.258. The van der Waals surface area contributed by atoms with Gasteiger partial charge in [0.05, 0.1) is 6.10 Å². The van der Waals surface area contributed by atoms with Crippen LogP contribution in [0.5, 0.6) is 5.75 Å². The Balaban J connectivity index is 1.43. The second-order valence-electron chi connectivity index (χ2n) is 11.7. The van der Waals surface area contributed by atoms with Crippen molar-refractivity contribution >= 4 is 5.78 Å². The van der Waals surface area contributed by atoms with Crippen molar-refractivity contribution in [2.45, 2.75) is 69.4 Å². The first-order chi connectivity index (χ1) is 16.4. The van der Waals surface area contributed by atoms with Gasteiger partial charge >= 0.3 is 0 Å². The average Bonchev–Trinajstić information content (AvgIpc) is 3.57. The smallest absolute Gasteiger partial charge is 0.264 e. The van der Waals surface area contributed by atoms with E-state index in [4.69, 9.17) is 9.47 Å². The van der Waals surface area contributed by atoms with Crippen molar-refractivity contribution in [2.75, 3.05) is 6.61 Å². The van der Waals surface area contributed by atoms with Gasteiger partial charge in [-0.1, -0.05) is 38.1 Å². The third-order valence-corrected chi connectivity index (χ3v) is 10.2. The summed E-state index contributed by atoms with van der Waals surface area (Å²) in [6.45, 7) is 5.52. The Labute approximate surface area is 203 Å². The Hall–Kier alpha value is -2.09. The molecular weight excluding hydrogens is 454 g/mol. The highest BCUT2D eigenvalue weighted by Gasteiger charge is 2.82. The zero-order valence-electron chi connectivity index (χ0n) is 20.2. The van der Waals surface area contributed by atoms with Crippen LogP contribution in [0, 0.1) is 28.6 Å². The summed E-state index contributed by atoms with van der Waals surface area (Å²) in [5.41, 5.74) is -6.03. The minimum absolute atomic E-state index is 0.0314. The minimum atomic E-state index is -2.17. The zero-order valence-corrected chi connectivity index (χ0v) is 20.2. The van der Waals surface area contributed by atoms with Gasteiger partial charge in [-0.05, 0) is 67.9 Å². The van der Waals surface area contributed by atoms with E-state index in [9.17, 15) is 15.0 Å². The van der Waals surface area contributed by atoms with Gasteiger partial charge < -0.3 is 19.7 Å². The number of fused-ring (bicyclic) bond motifs is 5. The molecule has 0 unspecified atom stereocenters. The lowest BCUT2D eigenvalue weighted by Crippen LogP contribution is -2.71. The fourth-order valence-corrected chi connectivity index (χ4v) is 8.45. The predicted molar refractivity (Wildman–Crippen MR) is 124 cm³/mol. The number of benzene rings is 1. The summed E-state index contributed by atoms with van der Waals surface area (Å²) in [7, 11) is 0. The molecule has 4 aliphatic carbocycles. The molecule has 7 heteroatoms. The number of aliphatic hydroxyl groups is 2. The number of rotatable bonds is 3. The van der Waals surface area contributed by atoms with Crippen molar-refractivity contribution < 1.29 is 33.3 Å². The zero-order chi connectivity index (χ0) is 25.0. The summed E-state index contributed by atoms with van der Waals surface area (Å²) in [4.78, 5) is 12.0. The van der Waals surface area contributed by atoms with E-state index in [-0.39, 0.29) is 36.7 Å². The molecule has 1 heterocycles. The molecule has 2 N–H and O–H groups in total. The molecule has 0 aromatic heterocycles. The number of aliphatic hydroxyl groups excluding tert-OH is 1. The van der Waals surface area contributed by atoms with Gasteiger partial charge in [0.2, 0.25) is 0 Å². The van der Waals surface area contributed by atoms with Gasteiger partial charge in [-0.3, -0.25) is 4.79 Å². The van der Waals surface area contributed by atoms with E-state index in [1.54, 1.807) is 19.1 Å². The van der Waals surface area contributed by atoms with Crippen LogP contribution in [-0.2, 0) is 9.53 Å². The fourth-order valence-electron chi connectivity index (χ4n) is 8.45. The van der Waals surface area contributed by atoms with Gasteiger partial charge in [0, 0.05) is 16.7 Å². The summed E-state index contributed by atoms with van der Waals surface area (Å²) in [6, 6.07) is 9.10. The first-order valence-electron chi connectivity index (χ1n) is 12.5. The van der Waals surface area contributed by atoms with Crippen LogP contribution in [0.3, 0.4) is 0 Å². The number of para-hydroxylation sites is 1. The summed E-state index contributed by atoms with van der Waals surface area (Å²) < 4.78 is 45.0. The first kappa shape index (κ1) is 23.3. The molecule has 5 nitrogen and oxygen atoms in total. The number of halogens is 2. The third kappa shape index (κ3) is 2.64. The van der Waals surface area contributed by atoms with Crippen LogP contribution in [0.2, 0.25) is 0 Å². The van der Waals surface area contributed by atoms with Crippen LogP contribution in [0.4, 0.5) is 8.78 Å². The Morgan fingerprint density at radius 3 is 2.49 bits per heavy atom. The van der Waals surface area contributed by atoms with E-state index in [0.717, 1.165) is 0 Å². The van der Waals surface area contributed by atoms with Crippen LogP contribution in [0.15, 0.2) is 54.1 Å². The summed E-state index contributed by atoms with van der Waals surface area (Å²) in [5, 5.41) is 23.9. The molecule has 1 aliphatic heterocycles. The number of alkyl halides is 2. The maximum atomic E-state index is 17.3. The van der Waals surface area contributed by atoms with Crippen LogP contribution in [0.1, 0.15) is 40.0 Å².